The Balaban J connectivity index is 0.000000364. The van der Waals surface area contributed by atoms with E-state index in [2.05, 4.69) is 24.6 Å². The number of carbonyl (C=O) groups excluding carboxylic acids is 1. The predicted octanol–water partition coefficient (Wildman–Crippen LogP) is 2.00. The first-order valence-electron chi connectivity index (χ1n) is 4.00. The van der Waals surface area contributed by atoms with Crippen molar-refractivity contribution in [2.45, 2.75) is 0 Å². The van der Waals surface area contributed by atoms with Crippen LogP contribution in [0.5, 0.6) is 0 Å². The zero-order chi connectivity index (χ0) is 11.0. The molecule has 0 saturated carbocycles. The molecule has 3 heteroatoms. The second kappa shape index (κ2) is 6.48. The molecule has 0 unspecified atom stereocenters. The number of hydrogen-bond acceptors (Lipinski definition) is 1. The van der Waals surface area contributed by atoms with Crippen LogP contribution in [0.4, 0.5) is 4.79 Å². The van der Waals surface area contributed by atoms with Crippen molar-refractivity contribution in [3.8, 4) is 0 Å². The minimum Gasteiger partial charge on any atom is -0.352 e. The van der Waals surface area contributed by atoms with Gasteiger partial charge in [0.1, 0.15) is 0 Å². The van der Waals surface area contributed by atoms with Gasteiger partial charge in [0.05, 0.1) is 0 Å². The highest BCUT2D eigenvalue weighted by Crippen LogP contribution is 2.06. The third-order valence-corrected chi connectivity index (χ3v) is 1.38. The van der Waals surface area contributed by atoms with Crippen molar-refractivity contribution in [3.63, 3.8) is 0 Å². The lowest BCUT2D eigenvalue weighted by Crippen LogP contribution is -2.18. The average molecular weight is 190 g/mol. The van der Waals surface area contributed by atoms with E-state index in [0.717, 1.165) is 11.1 Å². The molecule has 1 aromatic carbocycles. The minimum atomic E-state index is -0.833. The van der Waals surface area contributed by atoms with Gasteiger partial charge in [0.15, 0.2) is 0 Å². The summed E-state index contributed by atoms with van der Waals surface area (Å²) >= 11 is 0. The molecular weight excluding hydrogens is 176 g/mol. The molecule has 0 radical (unpaired) electrons. The summed E-state index contributed by atoms with van der Waals surface area (Å²) in [6.45, 7) is 7.34. The molecule has 0 atom stereocenters. The van der Waals surface area contributed by atoms with E-state index in [1.54, 1.807) is 0 Å². The molecule has 0 aromatic heterocycles. The zero-order valence-electron chi connectivity index (χ0n) is 7.94. The summed E-state index contributed by atoms with van der Waals surface area (Å²) in [7, 11) is 0. The van der Waals surface area contributed by atoms with Gasteiger partial charge >= 0.3 is 6.03 Å². The van der Waals surface area contributed by atoms with Crippen LogP contribution in [0.25, 0.3) is 12.2 Å². The molecule has 0 aliphatic carbocycles. The van der Waals surface area contributed by atoms with Crippen molar-refractivity contribution in [1.29, 1.82) is 0 Å². The van der Waals surface area contributed by atoms with Crippen LogP contribution in [-0.4, -0.2) is 6.03 Å². The number of carbonyl (C=O) groups is 1. The van der Waals surface area contributed by atoms with E-state index in [9.17, 15) is 0 Å². The summed E-state index contributed by atoms with van der Waals surface area (Å²) in [6.07, 6.45) is 3.65. The number of rotatable bonds is 2. The molecule has 0 aliphatic rings. The van der Waals surface area contributed by atoms with Crippen LogP contribution in [0.2, 0.25) is 0 Å². The van der Waals surface area contributed by atoms with Crippen molar-refractivity contribution in [3.05, 3.63) is 48.6 Å². The lowest BCUT2D eigenvalue weighted by molar-refractivity contribution is 0.256. The topological polar surface area (TPSA) is 69.1 Å². The zero-order valence-corrected chi connectivity index (χ0v) is 7.94. The summed E-state index contributed by atoms with van der Waals surface area (Å²) in [4.78, 5) is 9.00. The molecule has 1 aromatic rings. The molecule has 74 valence electrons. The molecule has 0 fully saturated rings. The van der Waals surface area contributed by atoms with Gasteiger partial charge in [0.2, 0.25) is 0 Å². The third kappa shape index (κ3) is 5.60. The van der Waals surface area contributed by atoms with E-state index in [1.165, 1.54) is 0 Å². The highest BCUT2D eigenvalue weighted by atomic mass is 16.2. The quantitative estimate of drug-likeness (QED) is 0.735. The highest BCUT2D eigenvalue weighted by molar-refractivity contribution is 5.69. The number of nitrogens with two attached hydrogens (primary N) is 2. The van der Waals surface area contributed by atoms with E-state index >= 15 is 0 Å². The first kappa shape index (κ1) is 12.0. The van der Waals surface area contributed by atoms with Crippen LogP contribution in [0.15, 0.2) is 37.4 Å². The molecule has 0 aliphatic heterocycles. The lowest BCUT2D eigenvalue weighted by atomic mass is 10.1. The van der Waals surface area contributed by atoms with Crippen molar-refractivity contribution in [2.75, 3.05) is 0 Å². The maximum atomic E-state index is 9.00. The van der Waals surface area contributed by atoms with E-state index in [0.29, 0.717) is 0 Å². The Morgan fingerprint density at radius 1 is 1.14 bits per heavy atom. The Kier molecular flexibility index (Phi) is 5.54. The van der Waals surface area contributed by atoms with Gasteiger partial charge in [-0.25, -0.2) is 4.79 Å². The molecule has 0 spiro atoms. The SMILES string of the molecule is C=Cc1cccc(C=C)c1.NC(N)=O. The second-order valence-corrected chi connectivity index (χ2v) is 2.48. The lowest BCUT2D eigenvalue weighted by Gasteiger charge is -1.93. The van der Waals surface area contributed by atoms with Crippen molar-refractivity contribution < 1.29 is 4.79 Å². The van der Waals surface area contributed by atoms with Crippen molar-refractivity contribution in [1.82, 2.24) is 0 Å². The monoisotopic (exact) mass is 190 g/mol. The summed E-state index contributed by atoms with van der Waals surface area (Å²) < 4.78 is 0. The van der Waals surface area contributed by atoms with E-state index in [4.69, 9.17) is 4.79 Å². The molecule has 2 amide bonds. The van der Waals surface area contributed by atoms with Gasteiger partial charge < -0.3 is 11.5 Å². The first-order valence-corrected chi connectivity index (χ1v) is 4.00. The number of amides is 2. The Labute approximate surface area is 83.7 Å². The van der Waals surface area contributed by atoms with Gasteiger partial charge in [0, 0.05) is 0 Å². The predicted molar refractivity (Wildman–Crippen MR) is 60.4 cm³/mol. The first-order chi connectivity index (χ1) is 6.60. The number of hydrogen-bond donors (Lipinski definition) is 2. The summed E-state index contributed by atoms with van der Waals surface area (Å²) in [5, 5.41) is 0. The van der Waals surface area contributed by atoms with Crippen LogP contribution in [0.3, 0.4) is 0 Å². The maximum absolute atomic E-state index is 9.00. The highest BCUT2D eigenvalue weighted by Gasteiger charge is 1.85. The maximum Gasteiger partial charge on any atom is 0.309 e. The molecule has 14 heavy (non-hydrogen) atoms. The van der Waals surface area contributed by atoms with Crippen LogP contribution in [0, 0.1) is 0 Å². The average Bonchev–Trinajstić information content (AvgIpc) is 2.17. The standard InChI is InChI=1S/C10H10.CH4N2O/c1-3-9-6-5-7-10(4-2)8-9;2-1(3)4/h3-8H,1-2H2;(H4,2,3,4). The van der Waals surface area contributed by atoms with E-state index in [1.807, 2.05) is 36.4 Å². The Morgan fingerprint density at radius 3 is 1.79 bits per heavy atom. The Hall–Kier alpha value is -2.03. The summed E-state index contributed by atoms with van der Waals surface area (Å²) in [6, 6.07) is 7.23. The fraction of sp³-hybridized carbons (Fsp3) is 0. The largest absolute Gasteiger partial charge is 0.352 e. The van der Waals surface area contributed by atoms with Gasteiger partial charge in [-0.1, -0.05) is 43.5 Å². The normalized spacial score (nSPS) is 8.00. The van der Waals surface area contributed by atoms with Gasteiger partial charge in [0.25, 0.3) is 0 Å². The molecular formula is C11H14N2O. The molecule has 1 rings (SSSR count). The van der Waals surface area contributed by atoms with Crippen LogP contribution in [0.1, 0.15) is 11.1 Å². The minimum absolute atomic E-state index is 0.833. The smallest absolute Gasteiger partial charge is 0.309 e. The second-order valence-electron chi connectivity index (χ2n) is 2.48. The van der Waals surface area contributed by atoms with Crippen LogP contribution in [-0.2, 0) is 0 Å². The Morgan fingerprint density at radius 2 is 1.50 bits per heavy atom. The molecule has 3 nitrogen and oxygen atoms in total. The Bertz CT molecular complexity index is 305. The van der Waals surface area contributed by atoms with Gasteiger partial charge in [-0.3, -0.25) is 0 Å². The fourth-order valence-electron chi connectivity index (χ4n) is 0.813. The van der Waals surface area contributed by atoms with E-state index < -0.39 is 6.03 Å². The molecule has 0 saturated heterocycles. The third-order valence-electron chi connectivity index (χ3n) is 1.38. The van der Waals surface area contributed by atoms with Crippen molar-refractivity contribution >= 4 is 18.2 Å². The number of urea groups is 1. The van der Waals surface area contributed by atoms with Crippen molar-refractivity contribution in [2.24, 2.45) is 11.5 Å². The van der Waals surface area contributed by atoms with Gasteiger partial charge in [-0.05, 0) is 17.2 Å². The fourth-order valence-corrected chi connectivity index (χ4v) is 0.813. The number of primary amides is 2. The van der Waals surface area contributed by atoms with E-state index in [-0.39, 0.29) is 0 Å². The summed E-state index contributed by atoms with van der Waals surface area (Å²) in [5.74, 6) is 0. The number of benzene rings is 1. The van der Waals surface area contributed by atoms with Crippen LogP contribution < -0.4 is 11.5 Å². The van der Waals surface area contributed by atoms with Gasteiger partial charge in [-0.15, -0.1) is 0 Å². The molecule has 0 heterocycles. The summed E-state index contributed by atoms with van der Waals surface area (Å²) in [5.41, 5.74) is 10.8. The van der Waals surface area contributed by atoms with Gasteiger partial charge in [-0.2, -0.15) is 0 Å². The van der Waals surface area contributed by atoms with Crippen LogP contribution >= 0.6 is 0 Å². The molecule has 0 bridgehead atoms. The molecule has 4 N–H and O–H groups in total.